The number of benzene rings is 1. The van der Waals surface area contributed by atoms with Crippen molar-refractivity contribution in [3.8, 4) is 0 Å². The van der Waals surface area contributed by atoms with Crippen molar-refractivity contribution in [2.24, 2.45) is 0 Å². The monoisotopic (exact) mass is 344 g/mol. The Morgan fingerprint density at radius 1 is 1.14 bits per heavy atom. The molecule has 5 heteroatoms. The second-order valence-electron chi connectivity index (χ2n) is 3.74. The smallest absolute Gasteiger partial charge is 0.400 e. The third-order valence-corrected chi connectivity index (χ3v) is 2.42. The first-order valence-electron chi connectivity index (χ1n) is 6.66. The number of aliphatic hydroxyl groups excluding tert-OH is 2. The third kappa shape index (κ3) is 17.4. The molecule has 0 bridgehead atoms. The van der Waals surface area contributed by atoms with Crippen molar-refractivity contribution >= 4 is 0 Å². The Hall–Kier alpha value is -0.646. The van der Waals surface area contributed by atoms with E-state index in [9.17, 15) is 0 Å². The Bertz CT molecular complexity index is 298. The van der Waals surface area contributed by atoms with E-state index in [4.69, 9.17) is 10.2 Å². The molecule has 0 aliphatic heterocycles. The van der Waals surface area contributed by atoms with Gasteiger partial charge in [0.15, 0.2) is 0 Å². The summed E-state index contributed by atoms with van der Waals surface area (Å²) in [4.78, 5) is 2.21. The number of aliphatic hydroxyl groups is 2. The van der Waals surface area contributed by atoms with Crippen LogP contribution in [0.2, 0.25) is 0 Å². The zero-order valence-corrected chi connectivity index (χ0v) is 15.8. The topological polar surface area (TPSA) is 55.7 Å². The van der Waals surface area contributed by atoms with E-state index < -0.39 is 0 Å². The van der Waals surface area contributed by atoms with Crippen molar-refractivity contribution in [3.63, 3.8) is 0 Å². The fourth-order valence-electron chi connectivity index (χ4n) is 1.53. The maximum absolute atomic E-state index is 7.00. The Kier molecular flexibility index (Phi) is 33.8. The molecule has 22 heavy (non-hydrogen) atoms. The quantitative estimate of drug-likeness (QED) is 0.384. The Balaban J connectivity index is -0.000000249. The van der Waals surface area contributed by atoms with E-state index >= 15 is 0 Å². The Morgan fingerprint density at radius 2 is 1.68 bits per heavy atom. The molecule has 126 valence electrons. The van der Waals surface area contributed by atoms with Gasteiger partial charge in [-0.05, 0) is 18.3 Å². The van der Waals surface area contributed by atoms with Gasteiger partial charge >= 0.3 is 21.7 Å². The van der Waals surface area contributed by atoms with Gasteiger partial charge in [-0.15, -0.1) is 0 Å². The van der Waals surface area contributed by atoms with E-state index in [1.165, 1.54) is 5.56 Å². The fraction of sp³-hybridized carbons (Fsp3) is 0.412. The number of rotatable bonds is 8. The van der Waals surface area contributed by atoms with Gasteiger partial charge in [0.2, 0.25) is 0 Å². The molecule has 0 saturated carbocycles. The van der Waals surface area contributed by atoms with Crippen LogP contribution in [0.25, 0.3) is 0 Å². The number of nitrogens with one attached hydrogen (secondary N) is 1. The van der Waals surface area contributed by atoms with Crippen LogP contribution in [0, 0.1) is 14.4 Å². The van der Waals surface area contributed by atoms with Gasteiger partial charge in [0.05, 0.1) is 0 Å². The van der Waals surface area contributed by atoms with Crippen LogP contribution in [0.4, 0.5) is 0 Å². The third-order valence-electron chi connectivity index (χ3n) is 2.42. The van der Waals surface area contributed by atoms with Crippen LogP contribution in [-0.2, 0) is 28.3 Å². The van der Waals surface area contributed by atoms with Crippen molar-refractivity contribution in [1.29, 1.82) is 0 Å². The van der Waals surface area contributed by atoms with E-state index in [-0.39, 0.29) is 29.1 Å². The Labute approximate surface area is 152 Å². The van der Waals surface area contributed by atoms with E-state index in [1.54, 1.807) is 0 Å². The van der Waals surface area contributed by atoms with Gasteiger partial charge in [0.1, 0.15) is 0 Å². The molecule has 0 unspecified atom stereocenters. The molecule has 0 aromatic heterocycles. The SMILES string of the molecule is C=CN(CCNCC[CH2-])Cc1ccccc1.CO.CO.[CH3-].[Ti+2]. The largest absolute Gasteiger partial charge is 2.00 e. The van der Waals surface area contributed by atoms with Crippen molar-refractivity contribution in [2.45, 2.75) is 13.0 Å². The second-order valence-corrected chi connectivity index (χ2v) is 3.74. The summed E-state index contributed by atoms with van der Waals surface area (Å²) in [6, 6.07) is 10.5. The average Bonchev–Trinajstić information content (AvgIpc) is 2.55. The summed E-state index contributed by atoms with van der Waals surface area (Å²) in [6.45, 7) is 11.5. The second kappa shape index (κ2) is 25.3. The van der Waals surface area contributed by atoms with Crippen LogP contribution in [0.5, 0.6) is 0 Å². The molecule has 3 N–H and O–H groups in total. The van der Waals surface area contributed by atoms with E-state index in [2.05, 4.69) is 48.0 Å². The van der Waals surface area contributed by atoms with E-state index in [1.807, 2.05) is 12.3 Å². The van der Waals surface area contributed by atoms with Crippen LogP contribution in [-0.4, -0.2) is 49.0 Å². The maximum atomic E-state index is 7.00. The summed E-state index contributed by atoms with van der Waals surface area (Å²) >= 11 is 0. The molecule has 0 atom stereocenters. The van der Waals surface area contributed by atoms with Crippen LogP contribution in [0.1, 0.15) is 12.0 Å². The molecule has 0 radical (unpaired) electrons. The number of hydrogen-bond donors (Lipinski definition) is 3. The summed E-state index contributed by atoms with van der Waals surface area (Å²) in [5, 5.41) is 17.3. The number of nitrogens with zero attached hydrogens (tertiary/aromatic N) is 1. The fourth-order valence-corrected chi connectivity index (χ4v) is 1.53. The van der Waals surface area contributed by atoms with Gasteiger partial charge < -0.3 is 34.8 Å². The molecule has 0 heterocycles. The minimum Gasteiger partial charge on any atom is -0.400 e. The van der Waals surface area contributed by atoms with Crippen LogP contribution >= 0.6 is 0 Å². The van der Waals surface area contributed by atoms with Gasteiger partial charge in [-0.2, -0.15) is 6.42 Å². The first-order chi connectivity index (χ1) is 9.86. The molecule has 1 rings (SSSR count). The summed E-state index contributed by atoms with van der Waals surface area (Å²) in [5.41, 5.74) is 1.32. The molecule has 4 nitrogen and oxygen atoms in total. The molecule has 0 fully saturated rings. The first kappa shape index (κ1) is 29.4. The zero-order valence-electron chi connectivity index (χ0n) is 14.3. The molecule has 1 aromatic rings. The summed E-state index contributed by atoms with van der Waals surface area (Å²) in [7, 11) is 2.00. The average molecular weight is 344 g/mol. The predicted octanol–water partition coefficient (Wildman–Crippen LogP) is 2.11. The molecular weight excluding hydrogens is 312 g/mol. The van der Waals surface area contributed by atoms with Crippen molar-refractivity contribution in [1.82, 2.24) is 10.2 Å². The van der Waals surface area contributed by atoms with Crippen molar-refractivity contribution < 1.29 is 31.9 Å². The summed E-state index contributed by atoms with van der Waals surface area (Å²) < 4.78 is 0. The standard InChI is InChI=1S/C14H21N2.2CH4O.CH3.Ti/c1-3-10-15-11-12-16(4-2)13-14-8-6-5-7-9-14;2*1-2;;/h4-9,15H,1-3,10-13H2;2*2H,1H3;1H3;/q-1;;;-1;+2. The van der Waals surface area contributed by atoms with Crippen molar-refractivity contribution in [2.75, 3.05) is 33.9 Å². The van der Waals surface area contributed by atoms with E-state index in [0.29, 0.717) is 0 Å². The van der Waals surface area contributed by atoms with Crippen molar-refractivity contribution in [3.05, 3.63) is 63.0 Å². The van der Waals surface area contributed by atoms with Gasteiger partial charge in [-0.25, -0.2) is 0 Å². The molecular formula is C17H32N2O2Ti. The van der Waals surface area contributed by atoms with E-state index in [0.717, 1.165) is 46.8 Å². The van der Waals surface area contributed by atoms with Gasteiger partial charge in [-0.1, -0.05) is 36.9 Å². The first-order valence-corrected chi connectivity index (χ1v) is 6.66. The maximum Gasteiger partial charge on any atom is 2.00 e. The minimum atomic E-state index is 0. The van der Waals surface area contributed by atoms with Gasteiger partial charge in [0, 0.05) is 33.9 Å². The normalized spacial score (nSPS) is 7.86. The van der Waals surface area contributed by atoms with Crippen LogP contribution < -0.4 is 5.32 Å². The zero-order chi connectivity index (χ0) is 15.6. The molecule has 0 amide bonds. The Morgan fingerprint density at radius 3 is 2.14 bits per heavy atom. The van der Waals surface area contributed by atoms with Gasteiger partial charge in [-0.3, -0.25) is 0 Å². The van der Waals surface area contributed by atoms with Crippen LogP contribution in [0.3, 0.4) is 0 Å². The minimum absolute atomic E-state index is 0. The number of hydrogen-bond acceptors (Lipinski definition) is 4. The molecule has 1 aromatic carbocycles. The summed E-state index contributed by atoms with van der Waals surface area (Å²) in [6.07, 6.45) is 2.84. The molecule has 0 aliphatic rings. The van der Waals surface area contributed by atoms with Gasteiger partial charge in [0.25, 0.3) is 0 Å². The molecule has 0 saturated heterocycles. The predicted molar refractivity (Wildman–Crippen MR) is 92.6 cm³/mol. The molecule has 0 spiro atoms. The molecule has 0 aliphatic carbocycles. The summed E-state index contributed by atoms with van der Waals surface area (Å²) in [5.74, 6) is 0. The van der Waals surface area contributed by atoms with Crippen LogP contribution in [0.15, 0.2) is 43.1 Å².